The number of hydrogen-bond donors (Lipinski definition) is 2. The van der Waals surface area contributed by atoms with Crippen LogP contribution >= 0.6 is 23.2 Å². The molecule has 8 heteroatoms. The van der Waals surface area contributed by atoms with E-state index in [0.717, 1.165) is 20.0 Å². The number of nitrogens with zero attached hydrogens (tertiary/aromatic N) is 2. The summed E-state index contributed by atoms with van der Waals surface area (Å²) in [5.41, 5.74) is 0. The zero-order valence-electron chi connectivity index (χ0n) is 10.8. The molecule has 0 amide bonds. The van der Waals surface area contributed by atoms with Crippen LogP contribution in [0.25, 0.3) is 0 Å². The van der Waals surface area contributed by atoms with Gasteiger partial charge in [-0.05, 0) is 6.92 Å². The van der Waals surface area contributed by atoms with E-state index in [1.54, 1.807) is 0 Å². The van der Waals surface area contributed by atoms with Crippen LogP contribution in [0.3, 0.4) is 0 Å². The number of carbonyl (C=O) groups excluding carboxylic acids is 1. The smallest absolute Gasteiger partial charge is 0.234 e. The largest absolute Gasteiger partial charge is 0.550 e. The van der Waals surface area contributed by atoms with Gasteiger partial charge in [0.1, 0.15) is 38.4 Å². The fraction of sp³-hybridized carbons (Fsp3) is 0.818. The Morgan fingerprint density at radius 3 is 2.42 bits per heavy atom. The van der Waals surface area contributed by atoms with Gasteiger partial charge in [-0.3, -0.25) is 9.48 Å². The van der Waals surface area contributed by atoms with E-state index in [1.807, 2.05) is 15.8 Å². The fourth-order valence-corrected chi connectivity index (χ4v) is 1.71. The lowest BCUT2D eigenvalue weighted by molar-refractivity contribution is -0.522. The van der Waals surface area contributed by atoms with Crippen molar-refractivity contribution in [3.8, 4) is 0 Å². The summed E-state index contributed by atoms with van der Waals surface area (Å²) in [6.45, 7) is 3.75. The number of carbonyl (C=O) groups is 1. The van der Waals surface area contributed by atoms with Crippen molar-refractivity contribution in [1.29, 1.82) is 0 Å². The molecule has 2 N–H and O–H groups in total. The molecule has 2 unspecified atom stereocenters. The number of carboxylic acid groups (broad SMARTS) is 1. The molecule has 0 aromatic heterocycles. The molecule has 0 aliphatic carbocycles. The van der Waals surface area contributed by atoms with E-state index in [9.17, 15) is 10.2 Å². The van der Waals surface area contributed by atoms with Crippen LogP contribution in [0.5, 0.6) is 0 Å². The summed E-state index contributed by atoms with van der Waals surface area (Å²) in [5.74, 6) is -0.594. The van der Waals surface area contributed by atoms with Gasteiger partial charge in [0.05, 0.1) is 11.8 Å². The number of β-amino-alcohol motifs (C(OH)–C–C–N with tert-alkyl or cyclic N) is 2. The van der Waals surface area contributed by atoms with E-state index in [1.165, 1.54) is 0 Å². The highest BCUT2D eigenvalue weighted by molar-refractivity contribution is 6.18. The van der Waals surface area contributed by atoms with Crippen LogP contribution in [0.2, 0.25) is 0 Å². The topological polar surface area (TPSA) is 86.8 Å². The first kappa shape index (κ1) is 18.4. The summed E-state index contributed by atoms with van der Waals surface area (Å²) in [5, 5.41) is 27.6. The molecule has 0 saturated carbocycles. The van der Waals surface area contributed by atoms with Crippen LogP contribution in [0.15, 0.2) is 0 Å². The third-order valence-corrected chi connectivity index (χ3v) is 2.96. The van der Waals surface area contributed by atoms with Crippen LogP contribution in [-0.2, 0) is 4.79 Å². The summed E-state index contributed by atoms with van der Waals surface area (Å²) >= 11 is 11.0. The first-order valence-electron chi connectivity index (χ1n) is 5.87. The fourth-order valence-electron chi connectivity index (χ4n) is 1.52. The first-order chi connectivity index (χ1) is 8.88. The van der Waals surface area contributed by atoms with Crippen molar-refractivity contribution in [3.05, 3.63) is 0 Å². The van der Waals surface area contributed by atoms with Crippen LogP contribution in [-0.4, -0.2) is 82.1 Å². The van der Waals surface area contributed by atoms with Crippen LogP contribution in [0.1, 0.15) is 6.92 Å². The summed E-state index contributed by atoms with van der Waals surface area (Å²) in [6.07, 6.45) is 0.910. The van der Waals surface area contributed by atoms with Crippen molar-refractivity contribution in [2.75, 3.05) is 37.9 Å². The van der Waals surface area contributed by atoms with Crippen LogP contribution in [0.4, 0.5) is 0 Å². The number of hydrogen-bond acceptors (Lipinski definition) is 5. The van der Waals surface area contributed by atoms with Gasteiger partial charge in [-0.2, -0.15) is 0 Å². The SMILES string of the molecule is CC(=O)[O-].OC(CCl)CN1C=[N+](CC(O)CCl)CC1. The number of aliphatic hydroxyl groups excluding tert-OH is 2. The predicted octanol–water partition coefficient (Wildman–Crippen LogP) is -1.70. The standard InChI is InChI=1S/C9H17Cl2N2O2.C2H4O2/c10-3-8(14)5-12-1-2-13(7-12)6-9(15)4-11;1-2(3)4/h7-9,14-15H,1-6H2;1H3,(H,3,4)/q+1;/p-1. The monoisotopic (exact) mass is 314 g/mol. The number of halogens is 2. The maximum Gasteiger partial charge on any atom is 0.234 e. The highest BCUT2D eigenvalue weighted by atomic mass is 35.5. The summed E-state index contributed by atoms with van der Waals surface area (Å²) in [4.78, 5) is 10.9. The quantitative estimate of drug-likeness (QED) is 0.451. The van der Waals surface area contributed by atoms with Crippen molar-refractivity contribution in [1.82, 2.24) is 4.90 Å². The number of carboxylic acids is 1. The van der Waals surface area contributed by atoms with Gasteiger partial charge in [0.25, 0.3) is 0 Å². The molecule has 1 aliphatic heterocycles. The van der Waals surface area contributed by atoms with E-state index in [4.69, 9.17) is 33.1 Å². The minimum absolute atomic E-state index is 0.245. The molecule has 0 saturated heterocycles. The van der Waals surface area contributed by atoms with Gasteiger partial charge in [-0.15, -0.1) is 23.2 Å². The minimum atomic E-state index is -1.08. The molecule has 0 aromatic carbocycles. The molecule has 19 heavy (non-hydrogen) atoms. The summed E-state index contributed by atoms with van der Waals surface area (Å²) in [6, 6.07) is 0. The molecule has 112 valence electrons. The maximum absolute atomic E-state index is 9.35. The van der Waals surface area contributed by atoms with Crippen LogP contribution < -0.4 is 5.11 Å². The average molecular weight is 315 g/mol. The Hall–Kier alpha value is -0.560. The Bertz CT molecular complexity index is 298. The molecular weight excluding hydrogens is 295 g/mol. The Balaban J connectivity index is 0.000000711. The Morgan fingerprint density at radius 2 is 1.95 bits per heavy atom. The lowest BCUT2D eigenvalue weighted by atomic mass is 10.4. The lowest BCUT2D eigenvalue weighted by Crippen LogP contribution is -2.31. The molecule has 0 bridgehead atoms. The second-order valence-corrected chi connectivity index (χ2v) is 4.83. The molecule has 0 fully saturated rings. The van der Waals surface area contributed by atoms with Gasteiger partial charge in [0.15, 0.2) is 0 Å². The molecule has 1 rings (SSSR count). The molecule has 0 spiro atoms. The van der Waals surface area contributed by atoms with Gasteiger partial charge in [-0.25, -0.2) is 0 Å². The number of aliphatic hydroxyl groups is 2. The maximum atomic E-state index is 9.35. The number of alkyl halides is 2. The first-order valence-corrected chi connectivity index (χ1v) is 6.94. The second-order valence-electron chi connectivity index (χ2n) is 4.21. The normalized spacial score (nSPS) is 17.3. The summed E-state index contributed by atoms with van der Waals surface area (Å²) in [7, 11) is 0. The minimum Gasteiger partial charge on any atom is -0.550 e. The average Bonchev–Trinajstić information content (AvgIpc) is 2.75. The molecule has 6 nitrogen and oxygen atoms in total. The third kappa shape index (κ3) is 9.95. The Kier molecular flexibility index (Phi) is 9.95. The third-order valence-electron chi connectivity index (χ3n) is 2.25. The predicted molar refractivity (Wildman–Crippen MR) is 71.8 cm³/mol. The van der Waals surface area contributed by atoms with Gasteiger partial charge >= 0.3 is 0 Å². The summed E-state index contributed by atoms with van der Waals surface area (Å²) < 4.78 is 1.99. The van der Waals surface area contributed by atoms with Crippen molar-refractivity contribution in [3.63, 3.8) is 0 Å². The second kappa shape index (κ2) is 10.3. The Labute approximate surface area is 122 Å². The van der Waals surface area contributed by atoms with Crippen molar-refractivity contribution in [2.45, 2.75) is 19.1 Å². The van der Waals surface area contributed by atoms with Crippen LogP contribution in [0, 0.1) is 0 Å². The molecular formula is C11H20Cl2N2O4. The van der Waals surface area contributed by atoms with Crippen molar-refractivity contribution in [2.24, 2.45) is 0 Å². The van der Waals surface area contributed by atoms with E-state index >= 15 is 0 Å². The highest BCUT2D eigenvalue weighted by Crippen LogP contribution is 1.99. The van der Waals surface area contributed by atoms with Gasteiger partial charge in [0, 0.05) is 5.97 Å². The lowest BCUT2D eigenvalue weighted by Gasteiger charge is -2.09. The number of aliphatic carboxylic acids is 1. The van der Waals surface area contributed by atoms with Gasteiger partial charge in [-0.1, -0.05) is 0 Å². The zero-order valence-corrected chi connectivity index (χ0v) is 12.3. The van der Waals surface area contributed by atoms with Gasteiger partial charge in [0.2, 0.25) is 6.34 Å². The van der Waals surface area contributed by atoms with Crippen molar-refractivity contribution >= 4 is 35.5 Å². The zero-order chi connectivity index (χ0) is 14.8. The van der Waals surface area contributed by atoms with E-state index < -0.39 is 18.2 Å². The molecule has 1 aliphatic rings. The molecule has 2 atom stereocenters. The number of rotatable bonds is 6. The van der Waals surface area contributed by atoms with E-state index in [0.29, 0.717) is 13.1 Å². The van der Waals surface area contributed by atoms with Gasteiger partial charge < -0.3 is 20.1 Å². The molecule has 0 aromatic rings. The Morgan fingerprint density at radius 1 is 1.42 bits per heavy atom. The van der Waals surface area contributed by atoms with Crippen molar-refractivity contribution < 1.29 is 24.7 Å². The molecule has 1 heterocycles. The highest BCUT2D eigenvalue weighted by Gasteiger charge is 2.22. The molecule has 0 radical (unpaired) electrons. The van der Waals surface area contributed by atoms with E-state index in [-0.39, 0.29) is 11.8 Å². The van der Waals surface area contributed by atoms with E-state index in [2.05, 4.69) is 0 Å².